The van der Waals surface area contributed by atoms with Crippen LogP contribution in [0.4, 0.5) is 10.8 Å². The van der Waals surface area contributed by atoms with E-state index >= 15 is 0 Å². The fourth-order valence-electron chi connectivity index (χ4n) is 2.89. The molecule has 4 rings (SSSR count). The minimum Gasteiger partial charge on any atom is -0.493 e. The van der Waals surface area contributed by atoms with Gasteiger partial charge in [0.05, 0.1) is 31.5 Å². The molecule has 0 aliphatic heterocycles. The van der Waals surface area contributed by atoms with Gasteiger partial charge < -0.3 is 24.8 Å². The molecular weight excluding hydrogens is 378 g/mol. The molecule has 1 aromatic heterocycles. The number of anilines is 2. The lowest BCUT2D eigenvalue weighted by Gasteiger charge is -2.14. The number of ether oxygens (including phenoxy) is 3. The molecule has 2 N–H and O–H groups in total. The van der Waals surface area contributed by atoms with Crippen LogP contribution in [0.2, 0.25) is 0 Å². The molecule has 2 aromatic carbocycles. The van der Waals surface area contributed by atoms with Crippen LogP contribution >= 0.6 is 11.3 Å². The third-order valence-corrected chi connectivity index (χ3v) is 5.41. The first-order valence-corrected chi connectivity index (χ1v) is 9.71. The zero-order valence-corrected chi connectivity index (χ0v) is 16.7. The van der Waals surface area contributed by atoms with Crippen molar-refractivity contribution in [3.05, 3.63) is 35.9 Å². The highest BCUT2D eigenvalue weighted by molar-refractivity contribution is 7.22. The van der Waals surface area contributed by atoms with Crippen LogP contribution in [0, 0.1) is 0 Å². The molecule has 8 heteroatoms. The van der Waals surface area contributed by atoms with Gasteiger partial charge >= 0.3 is 0 Å². The second kappa shape index (κ2) is 7.55. The van der Waals surface area contributed by atoms with Crippen LogP contribution in [-0.4, -0.2) is 38.3 Å². The summed E-state index contributed by atoms with van der Waals surface area (Å²) in [6.45, 7) is 0. The molecule has 0 bridgehead atoms. The van der Waals surface area contributed by atoms with Gasteiger partial charge in [-0.1, -0.05) is 11.3 Å². The Labute approximate surface area is 166 Å². The van der Waals surface area contributed by atoms with Crippen molar-refractivity contribution in [1.82, 2.24) is 10.3 Å². The van der Waals surface area contributed by atoms with Crippen molar-refractivity contribution in [3.8, 4) is 17.2 Å². The van der Waals surface area contributed by atoms with Crippen molar-refractivity contribution in [2.24, 2.45) is 0 Å². The van der Waals surface area contributed by atoms with Crippen molar-refractivity contribution in [2.75, 3.05) is 26.6 Å². The number of carbonyl (C=O) groups is 1. The summed E-state index contributed by atoms with van der Waals surface area (Å²) in [5.74, 6) is 1.62. The lowest BCUT2D eigenvalue weighted by molar-refractivity contribution is 0.0951. The average molecular weight is 399 g/mol. The van der Waals surface area contributed by atoms with E-state index in [0.29, 0.717) is 34.0 Å². The monoisotopic (exact) mass is 399 g/mol. The van der Waals surface area contributed by atoms with E-state index in [1.54, 1.807) is 21.3 Å². The number of carbonyl (C=O) groups excluding carboxylic acids is 1. The summed E-state index contributed by atoms with van der Waals surface area (Å²) in [4.78, 5) is 16.9. The number of aromatic nitrogens is 1. The number of hydrogen-bond acceptors (Lipinski definition) is 7. The van der Waals surface area contributed by atoms with Crippen molar-refractivity contribution in [3.63, 3.8) is 0 Å². The number of rotatable bonds is 7. The summed E-state index contributed by atoms with van der Waals surface area (Å²) >= 11 is 1.48. The number of benzene rings is 2. The van der Waals surface area contributed by atoms with Gasteiger partial charge in [-0.2, -0.15) is 0 Å². The van der Waals surface area contributed by atoms with E-state index in [-0.39, 0.29) is 5.91 Å². The SMILES string of the molecule is COc1cc(Nc2nc3ccc(C(=O)NC4CC4)cc3s2)cc(OC)c1OC. The Morgan fingerprint density at radius 3 is 2.39 bits per heavy atom. The molecule has 0 spiro atoms. The maximum Gasteiger partial charge on any atom is 0.251 e. The fourth-order valence-corrected chi connectivity index (χ4v) is 3.82. The van der Waals surface area contributed by atoms with Crippen LogP contribution < -0.4 is 24.8 Å². The lowest BCUT2D eigenvalue weighted by Crippen LogP contribution is -2.25. The van der Waals surface area contributed by atoms with E-state index < -0.39 is 0 Å². The number of nitrogens with one attached hydrogen (secondary N) is 2. The minimum atomic E-state index is -0.0306. The second-order valence-electron chi connectivity index (χ2n) is 6.49. The molecule has 1 amide bonds. The first kappa shape index (κ1) is 18.4. The van der Waals surface area contributed by atoms with Gasteiger partial charge in [-0.05, 0) is 31.0 Å². The quantitative estimate of drug-likeness (QED) is 0.626. The van der Waals surface area contributed by atoms with E-state index in [1.165, 1.54) is 11.3 Å². The van der Waals surface area contributed by atoms with Gasteiger partial charge in [0.1, 0.15) is 0 Å². The Morgan fingerprint density at radius 2 is 1.79 bits per heavy atom. The standard InChI is InChI=1S/C20H21N3O4S/c1-25-15-9-13(10-16(26-2)18(15)27-3)22-20-23-14-7-4-11(8-17(14)28-20)19(24)21-12-5-6-12/h4,7-10,12H,5-6H2,1-3H3,(H,21,24)(H,22,23). The minimum absolute atomic E-state index is 0.0306. The van der Waals surface area contributed by atoms with Crippen LogP contribution in [0.5, 0.6) is 17.2 Å². The summed E-state index contributed by atoms with van der Waals surface area (Å²) in [7, 11) is 4.72. The molecule has 0 radical (unpaired) electrons. The normalized spacial score (nSPS) is 13.2. The van der Waals surface area contributed by atoms with E-state index in [2.05, 4.69) is 15.6 Å². The number of amides is 1. The van der Waals surface area contributed by atoms with Crippen LogP contribution in [-0.2, 0) is 0 Å². The van der Waals surface area contributed by atoms with Gasteiger partial charge in [-0.25, -0.2) is 4.98 Å². The highest BCUT2D eigenvalue weighted by Gasteiger charge is 2.24. The van der Waals surface area contributed by atoms with Crippen LogP contribution in [0.1, 0.15) is 23.2 Å². The average Bonchev–Trinajstić information content (AvgIpc) is 3.43. The Kier molecular flexibility index (Phi) is 4.95. The molecule has 28 heavy (non-hydrogen) atoms. The molecule has 0 unspecified atom stereocenters. The molecule has 1 fully saturated rings. The molecule has 7 nitrogen and oxygen atoms in total. The van der Waals surface area contributed by atoms with Gasteiger partial charge in [-0.15, -0.1) is 0 Å². The lowest BCUT2D eigenvalue weighted by atomic mass is 10.2. The van der Waals surface area contributed by atoms with Gasteiger partial charge in [0, 0.05) is 29.4 Å². The van der Waals surface area contributed by atoms with Crippen LogP contribution in [0.25, 0.3) is 10.2 Å². The number of hydrogen-bond donors (Lipinski definition) is 2. The van der Waals surface area contributed by atoms with Crippen molar-refractivity contribution in [2.45, 2.75) is 18.9 Å². The Hall–Kier alpha value is -3.00. The van der Waals surface area contributed by atoms with Crippen molar-refractivity contribution < 1.29 is 19.0 Å². The second-order valence-corrected chi connectivity index (χ2v) is 7.52. The Bertz CT molecular complexity index is 1000. The maximum atomic E-state index is 12.3. The summed E-state index contributed by atoms with van der Waals surface area (Å²) in [6, 6.07) is 9.54. The first-order valence-electron chi connectivity index (χ1n) is 8.89. The summed E-state index contributed by atoms with van der Waals surface area (Å²) < 4.78 is 17.1. The van der Waals surface area contributed by atoms with Gasteiger partial charge in [-0.3, -0.25) is 4.79 Å². The van der Waals surface area contributed by atoms with E-state index in [4.69, 9.17) is 14.2 Å². The third kappa shape index (κ3) is 3.68. The molecule has 1 saturated carbocycles. The Balaban J connectivity index is 1.60. The molecule has 146 valence electrons. The predicted octanol–water partition coefficient (Wildman–Crippen LogP) is 3.96. The number of nitrogens with zero attached hydrogens (tertiary/aromatic N) is 1. The summed E-state index contributed by atoms with van der Waals surface area (Å²) in [5, 5.41) is 7.00. The fraction of sp³-hybridized carbons (Fsp3) is 0.300. The largest absolute Gasteiger partial charge is 0.493 e. The first-order chi connectivity index (χ1) is 13.6. The zero-order chi connectivity index (χ0) is 19.7. The van der Waals surface area contributed by atoms with Crippen molar-refractivity contribution in [1.29, 1.82) is 0 Å². The molecule has 3 aromatic rings. The summed E-state index contributed by atoms with van der Waals surface area (Å²) in [6.07, 6.45) is 2.13. The number of fused-ring (bicyclic) bond motifs is 1. The van der Waals surface area contributed by atoms with Gasteiger partial charge in [0.2, 0.25) is 5.75 Å². The van der Waals surface area contributed by atoms with E-state index in [0.717, 1.165) is 28.7 Å². The van der Waals surface area contributed by atoms with E-state index in [9.17, 15) is 4.79 Å². The molecule has 0 atom stereocenters. The third-order valence-electron chi connectivity index (χ3n) is 4.48. The molecule has 0 saturated heterocycles. The smallest absolute Gasteiger partial charge is 0.251 e. The van der Waals surface area contributed by atoms with Crippen molar-refractivity contribution >= 4 is 38.3 Å². The highest BCUT2D eigenvalue weighted by atomic mass is 32.1. The maximum absolute atomic E-state index is 12.3. The summed E-state index contributed by atoms with van der Waals surface area (Å²) in [5.41, 5.74) is 2.26. The van der Waals surface area contributed by atoms with Gasteiger partial charge in [0.25, 0.3) is 5.91 Å². The van der Waals surface area contributed by atoms with Crippen LogP contribution in [0.3, 0.4) is 0 Å². The molecule has 1 aliphatic carbocycles. The van der Waals surface area contributed by atoms with E-state index in [1.807, 2.05) is 30.3 Å². The zero-order valence-electron chi connectivity index (χ0n) is 15.9. The molecule has 1 heterocycles. The molecular formula is C20H21N3O4S. The topological polar surface area (TPSA) is 81.7 Å². The Morgan fingerprint density at radius 1 is 1.07 bits per heavy atom. The highest BCUT2D eigenvalue weighted by Crippen LogP contribution is 2.41. The number of thiazole rings is 1. The number of methoxy groups -OCH3 is 3. The van der Waals surface area contributed by atoms with Gasteiger partial charge in [0.15, 0.2) is 16.6 Å². The molecule has 1 aliphatic rings. The predicted molar refractivity (Wildman–Crippen MR) is 109 cm³/mol. The van der Waals surface area contributed by atoms with Crippen LogP contribution in [0.15, 0.2) is 30.3 Å².